The van der Waals surface area contributed by atoms with Crippen LogP contribution >= 0.6 is 11.8 Å². The van der Waals surface area contributed by atoms with Gasteiger partial charge in [0, 0.05) is 18.1 Å². The fraction of sp³-hybridized carbons (Fsp3) is 0.318. The van der Waals surface area contributed by atoms with Crippen molar-refractivity contribution in [3.05, 3.63) is 53.6 Å². The molecule has 11 heteroatoms. The highest BCUT2D eigenvalue weighted by molar-refractivity contribution is 7.99. The van der Waals surface area contributed by atoms with Crippen LogP contribution in [0.3, 0.4) is 0 Å². The molecular formula is C22H24FN5O4S. The van der Waals surface area contributed by atoms with Crippen LogP contribution in [0.15, 0.2) is 41.6 Å². The molecule has 3 N–H and O–H groups in total. The number of thioether (sulfide) groups is 1. The number of nitrogens with one attached hydrogen (secondary N) is 1. The number of ether oxygens (including phenoxy) is 3. The van der Waals surface area contributed by atoms with Crippen LogP contribution in [-0.4, -0.2) is 39.2 Å². The topological polar surface area (TPSA) is 114 Å². The minimum absolute atomic E-state index is 0.0488. The molecule has 0 spiro atoms. The first kappa shape index (κ1) is 22.7. The van der Waals surface area contributed by atoms with Crippen molar-refractivity contribution in [2.24, 2.45) is 0 Å². The number of halogens is 1. The van der Waals surface area contributed by atoms with Gasteiger partial charge in [0.2, 0.25) is 11.1 Å². The Morgan fingerprint density at radius 2 is 2.09 bits per heavy atom. The molecule has 1 amide bonds. The summed E-state index contributed by atoms with van der Waals surface area (Å²) in [5.74, 6) is 7.69. The first-order valence-electron chi connectivity index (χ1n) is 10.4. The van der Waals surface area contributed by atoms with Crippen molar-refractivity contribution in [2.45, 2.75) is 38.1 Å². The predicted octanol–water partition coefficient (Wildman–Crippen LogP) is 3.16. The maximum atomic E-state index is 13.0. The summed E-state index contributed by atoms with van der Waals surface area (Å²) in [6.45, 7) is 4.41. The Morgan fingerprint density at radius 3 is 2.85 bits per heavy atom. The Balaban J connectivity index is 1.35. The SMILES string of the molecule is CCOc1cc2c(cc1NC(=O)CSc1nnc(COc3ccc(F)cc3)n1N)O[C@@H](C)C2. The van der Waals surface area contributed by atoms with Crippen molar-refractivity contribution in [1.82, 2.24) is 14.9 Å². The molecule has 0 saturated carbocycles. The number of nitrogens with two attached hydrogens (primary N) is 1. The first-order valence-corrected chi connectivity index (χ1v) is 11.4. The van der Waals surface area contributed by atoms with Crippen molar-refractivity contribution in [3.63, 3.8) is 0 Å². The van der Waals surface area contributed by atoms with Crippen LogP contribution in [0.1, 0.15) is 25.2 Å². The Kier molecular flexibility index (Phi) is 6.87. The highest BCUT2D eigenvalue weighted by Crippen LogP contribution is 2.38. The molecule has 0 fully saturated rings. The van der Waals surface area contributed by atoms with Gasteiger partial charge >= 0.3 is 0 Å². The van der Waals surface area contributed by atoms with Gasteiger partial charge in [0.05, 0.1) is 18.0 Å². The number of nitrogen functional groups attached to an aromatic ring is 1. The lowest BCUT2D eigenvalue weighted by molar-refractivity contribution is -0.113. The normalized spacial score (nSPS) is 14.5. The molecule has 1 aliphatic heterocycles. The van der Waals surface area contributed by atoms with Crippen molar-refractivity contribution in [2.75, 3.05) is 23.5 Å². The van der Waals surface area contributed by atoms with Gasteiger partial charge in [-0.15, -0.1) is 10.2 Å². The zero-order valence-electron chi connectivity index (χ0n) is 18.2. The molecule has 3 aromatic rings. The first-order chi connectivity index (χ1) is 15.9. The van der Waals surface area contributed by atoms with Crippen LogP contribution in [0.4, 0.5) is 10.1 Å². The van der Waals surface area contributed by atoms with Gasteiger partial charge in [-0.05, 0) is 44.2 Å². The lowest BCUT2D eigenvalue weighted by atomic mass is 10.1. The van der Waals surface area contributed by atoms with Gasteiger partial charge in [-0.1, -0.05) is 11.8 Å². The number of rotatable bonds is 9. The molecule has 33 heavy (non-hydrogen) atoms. The van der Waals surface area contributed by atoms with E-state index in [1.165, 1.54) is 28.9 Å². The summed E-state index contributed by atoms with van der Waals surface area (Å²) >= 11 is 1.14. The Morgan fingerprint density at radius 1 is 1.30 bits per heavy atom. The third-order valence-corrected chi connectivity index (χ3v) is 5.76. The number of benzene rings is 2. The molecule has 4 rings (SSSR count). The summed E-state index contributed by atoms with van der Waals surface area (Å²) in [5, 5.41) is 11.2. The van der Waals surface area contributed by atoms with E-state index in [9.17, 15) is 9.18 Å². The van der Waals surface area contributed by atoms with Crippen molar-refractivity contribution in [1.29, 1.82) is 0 Å². The minimum atomic E-state index is -0.350. The highest BCUT2D eigenvalue weighted by atomic mass is 32.2. The second kappa shape index (κ2) is 9.99. The molecule has 2 aromatic carbocycles. The van der Waals surface area contributed by atoms with Gasteiger partial charge in [-0.2, -0.15) is 0 Å². The summed E-state index contributed by atoms with van der Waals surface area (Å²) in [6.07, 6.45) is 0.895. The zero-order valence-corrected chi connectivity index (χ0v) is 19.0. The number of amides is 1. The van der Waals surface area contributed by atoms with Crippen molar-refractivity contribution < 1.29 is 23.4 Å². The van der Waals surface area contributed by atoms with Gasteiger partial charge < -0.3 is 25.4 Å². The second-order valence-corrected chi connectivity index (χ2v) is 8.31. The molecule has 0 bridgehead atoms. The van der Waals surface area contributed by atoms with E-state index in [4.69, 9.17) is 20.1 Å². The largest absolute Gasteiger partial charge is 0.492 e. The smallest absolute Gasteiger partial charge is 0.234 e. The highest BCUT2D eigenvalue weighted by Gasteiger charge is 2.23. The lowest BCUT2D eigenvalue weighted by Gasteiger charge is -2.13. The van der Waals surface area contributed by atoms with Crippen LogP contribution in [0.25, 0.3) is 0 Å². The maximum absolute atomic E-state index is 13.0. The Bertz CT molecular complexity index is 1140. The molecule has 174 valence electrons. The molecular weight excluding hydrogens is 449 g/mol. The number of nitrogens with zero attached hydrogens (tertiary/aromatic N) is 3. The number of fused-ring (bicyclic) bond motifs is 1. The molecule has 0 unspecified atom stereocenters. The monoisotopic (exact) mass is 473 g/mol. The van der Waals surface area contributed by atoms with E-state index < -0.39 is 0 Å². The number of carbonyl (C=O) groups is 1. The molecule has 2 heterocycles. The van der Waals surface area contributed by atoms with Gasteiger partial charge in [0.1, 0.15) is 35.8 Å². The number of hydrogen-bond donors (Lipinski definition) is 2. The van der Waals surface area contributed by atoms with Crippen molar-refractivity contribution in [3.8, 4) is 17.2 Å². The van der Waals surface area contributed by atoms with E-state index in [1.807, 2.05) is 19.9 Å². The molecule has 9 nitrogen and oxygen atoms in total. The number of hydrogen-bond acceptors (Lipinski definition) is 8. The van der Waals surface area contributed by atoms with E-state index in [0.717, 1.165) is 29.5 Å². The van der Waals surface area contributed by atoms with E-state index in [1.54, 1.807) is 6.07 Å². The average Bonchev–Trinajstić information content (AvgIpc) is 3.33. The van der Waals surface area contributed by atoms with Gasteiger partial charge in [0.15, 0.2) is 5.82 Å². The maximum Gasteiger partial charge on any atom is 0.234 e. The third-order valence-electron chi connectivity index (χ3n) is 4.82. The van der Waals surface area contributed by atoms with E-state index >= 15 is 0 Å². The molecule has 1 aromatic heterocycles. The van der Waals surface area contributed by atoms with Crippen LogP contribution < -0.4 is 25.4 Å². The Labute approximate surface area is 194 Å². The molecule has 0 radical (unpaired) electrons. The molecule has 1 atom stereocenters. The number of carbonyl (C=O) groups excluding carboxylic acids is 1. The van der Waals surface area contributed by atoms with Crippen LogP contribution in [0.5, 0.6) is 17.2 Å². The van der Waals surface area contributed by atoms with E-state index in [2.05, 4.69) is 15.5 Å². The minimum Gasteiger partial charge on any atom is -0.492 e. The standard InChI is InChI=1S/C22H24FN5O4S/c1-3-30-19-9-14-8-13(2)32-18(14)10-17(19)25-21(29)12-33-22-27-26-20(28(22)24)11-31-16-6-4-15(23)5-7-16/h4-7,9-10,13H,3,8,11-12,24H2,1-2H3,(H,25,29)/t13-/m0/s1. The summed E-state index contributed by atoms with van der Waals surface area (Å²) in [4.78, 5) is 12.6. The third kappa shape index (κ3) is 5.48. The van der Waals surface area contributed by atoms with Gasteiger partial charge in [-0.3, -0.25) is 4.79 Å². The Hall–Kier alpha value is -3.47. The average molecular weight is 474 g/mol. The zero-order chi connectivity index (χ0) is 23.4. The van der Waals surface area contributed by atoms with Crippen LogP contribution in [0, 0.1) is 5.82 Å². The lowest BCUT2D eigenvalue weighted by Crippen LogP contribution is -2.18. The quantitative estimate of drug-likeness (QED) is 0.360. The summed E-state index contributed by atoms with van der Waals surface area (Å²) < 4.78 is 31.3. The number of anilines is 1. The summed E-state index contributed by atoms with van der Waals surface area (Å²) in [5.41, 5.74) is 1.61. The fourth-order valence-corrected chi connectivity index (χ4v) is 3.99. The molecule has 1 aliphatic rings. The van der Waals surface area contributed by atoms with E-state index in [-0.39, 0.29) is 30.2 Å². The predicted molar refractivity (Wildman–Crippen MR) is 122 cm³/mol. The van der Waals surface area contributed by atoms with Gasteiger partial charge in [-0.25, -0.2) is 9.07 Å². The fourth-order valence-electron chi connectivity index (χ4n) is 3.31. The molecule has 0 saturated heterocycles. The summed E-state index contributed by atoms with van der Waals surface area (Å²) in [7, 11) is 0. The van der Waals surface area contributed by atoms with Crippen LogP contribution in [0.2, 0.25) is 0 Å². The van der Waals surface area contributed by atoms with Gasteiger partial charge in [0.25, 0.3) is 0 Å². The second-order valence-electron chi connectivity index (χ2n) is 7.37. The number of aromatic nitrogens is 3. The molecule has 0 aliphatic carbocycles. The van der Waals surface area contributed by atoms with Crippen LogP contribution in [-0.2, 0) is 17.8 Å². The van der Waals surface area contributed by atoms with E-state index in [0.29, 0.717) is 34.8 Å². The van der Waals surface area contributed by atoms with Crippen molar-refractivity contribution >= 4 is 23.4 Å². The summed E-state index contributed by atoms with van der Waals surface area (Å²) in [6, 6.07) is 9.32.